The second-order valence-corrected chi connectivity index (χ2v) is 6.28. The summed E-state index contributed by atoms with van der Waals surface area (Å²) < 4.78 is 5.99. The van der Waals surface area contributed by atoms with E-state index < -0.39 is 0 Å². The van der Waals surface area contributed by atoms with Crippen molar-refractivity contribution in [1.82, 2.24) is 0 Å². The Kier molecular flexibility index (Phi) is 8.02. The average Bonchev–Trinajstić information content (AvgIpc) is 2.52. The molecule has 0 aromatic heterocycles. The van der Waals surface area contributed by atoms with Gasteiger partial charge in [-0.3, -0.25) is 4.79 Å². The summed E-state index contributed by atoms with van der Waals surface area (Å²) in [5.41, 5.74) is 0.972. The lowest BCUT2D eigenvalue weighted by Gasteiger charge is -2.31. The topological polar surface area (TPSA) is 26.3 Å². The van der Waals surface area contributed by atoms with Gasteiger partial charge in [0.25, 0.3) is 0 Å². The Morgan fingerprint density at radius 3 is 2.10 bits per heavy atom. The van der Waals surface area contributed by atoms with E-state index in [4.69, 9.17) is 4.74 Å². The predicted molar refractivity (Wildman–Crippen MR) is 92.6 cm³/mol. The van der Waals surface area contributed by atoms with Crippen LogP contribution in [-0.4, -0.2) is 17.7 Å². The molecule has 0 aliphatic carbocycles. The van der Waals surface area contributed by atoms with Crippen molar-refractivity contribution in [3.05, 3.63) is 29.8 Å². The normalized spacial score (nSPS) is 11.4. The molecule has 21 heavy (non-hydrogen) atoms. The van der Waals surface area contributed by atoms with E-state index in [0.29, 0.717) is 6.42 Å². The van der Waals surface area contributed by atoms with Crippen LogP contribution in [0.3, 0.4) is 0 Å². The van der Waals surface area contributed by atoms with Crippen LogP contribution in [0.15, 0.2) is 24.3 Å². The van der Waals surface area contributed by atoms with E-state index in [9.17, 15) is 4.79 Å². The van der Waals surface area contributed by atoms with Gasteiger partial charge in [-0.25, -0.2) is 0 Å². The van der Waals surface area contributed by atoms with Crippen molar-refractivity contribution in [2.45, 2.75) is 52.9 Å². The van der Waals surface area contributed by atoms with Gasteiger partial charge in [-0.1, -0.05) is 49.5 Å². The van der Waals surface area contributed by atoms with Gasteiger partial charge in [0.1, 0.15) is 5.75 Å². The van der Waals surface area contributed by atoms with Crippen LogP contribution in [-0.2, 0) is 0 Å². The maximum absolute atomic E-state index is 11.6. The zero-order chi connectivity index (χ0) is 15.7. The lowest BCUT2D eigenvalue weighted by molar-refractivity contribution is 0.0988. The van der Waals surface area contributed by atoms with E-state index >= 15 is 0 Å². The minimum absolute atomic E-state index is 0.174. The van der Waals surface area contributed by atoms with Crippen LogP contribution in [0.2, 0.25) is 0 Å². The summed E-state index contributed by atoms with van der Waals surface area (Å²) in [6.07, 6.45) is 5.20. The summed E-state index contributed by atoms with van der Waals surface area (Å²) in [5, 5.41) is 0.966. The fraction of sp³-hybridized carbons (Fsp3) is 0.611. The van der Waals surface area contributed by atoms with E-state index in [1.54, 1.807) is 0 Å². The van der Waals surface area contributed by atoms with Gasteiger partial charge in [-0.2, -0.15) is 0 Å². The number of ketones is 1. The second kappa shape index (κ2) is 9.24. The van der Waals surface area contributed by atoms with Crippen LogP contribution in [0.1, 0.15) is 63.2 Å². The summed E-state index contributed by atoms with van der Waals surface area (Å²) >= 11 is 3.66. The molecule has 0 fully saturated rings. The molecule has 0 aliphatic heterocycles. The number of Topliss-reactive ketones (excluding diaryl/α,β-unsaturated/α-hetero) is 1. The van der Waals surface area contributed by atoms with Crippen LogP contribution in [0.4, 0.5) is 0 Å². The highest BCUT2D eigenvalue weighted by molar-refractivity contribution is 9.09. The number of alkyl halides is 1. The van der Waals surface area contributed by atoms with Gasteiger partial charge in [0.15, 0.2) is 5.78 Å². The molecule has 0 saturated heterocycles. The smallest absolute Gasteiger partial charge is 0.162 e. The number of benzene rings is 1. The minimum atomic E-state index is 0.174. The van der Waals surface area contributed by atoms with Crippen molar-refractivity contribution >= 4 is 21.7 Å². The highest BCUT2D eigenvalue weighted by Gasteiger charge is 2.28. The van der Waals surface area contributed by atoms with Crippen molar-refractivity contribution < 1.29 is 9.53 Å². The van der Waals surface area contributed by atoms with Gasteiger partial charge in [0.05, 0.1) is 6.61 Å². The van der Waals surface area contributed by atoms with Crippen LogP contribution >= 0.6 is 15.9 Å². The highest BCUT2D eigenvalue weighted by Crippen LogP contribution is 2.33. The van der Waals surface area contributed by atoms with Crippen molar-refractivity contribution in [2.75, 3.05) is 11.9 Å². The molecule has 0 bridgehead atoms. The molecule has 0 N–H and O–H groups in total. The lowest BCUT2D eigenvalue weighted by atomic mass is 9.82. The molecule has 0 spiro atoms. The molecule has 0 aliphatic rings. The lowest BCUT2D eigenvalue weighted by Crippen LogP contribution is -2.30. The van der Waals surface area contributed by atoms with Crippen molar-refractivity contribution in [1.29, 1.82) is 0 Å². The first-order chi connectivity index (χ1) is 10.1. The van der Waals surface area contributed by atoms with Gasteiger partial charge in [0.2, 0.25) is 0 Å². The SMILES string of the molecule is CCCC(CBr)(CCC)COc1ccc(C(=O)CC)cc1. The third-order valence-electron chi connectivity index (χ3n) is 3.89. The standard InChI is InChI=1S/C18H27BrO2/c1-4-11-18(13-19,12-5-2)14-21-16-9-7-15(8-10-16)17(20)6-3/h7-10H,4-6,11-14H2,1-3H3. The average molecular weight is 355 g/mol. The third-order valence-corrected chi connectivity index (χ3v) is 5.08. The molecule has 0 heterocycles. The maximum atomic E-state index is 11.6. The van der Waals surface area contributed by atoms with E-state index in [1.807, 2.05) is 31.2 Å². The summed E-state index contributed by atoms with van der Waals surface area (Å²) in [6, 6.07) is 7.52. The van der Waals surface area contributed by atoms with Gasteiger partial charge in [-0.05, 0) is 37.1 Å². The fourth-order valence-corrected chi connectivity index (χ4v) is 3.40. The number of hydrogen-bond donors (Lipinski definition) is 0. The van der Waals surface area contributed by atoms with Crippen LogP contribution < -0.4 is 4.74 Å². The molecule has 0 amide bonds. The zero-order valence-corrected chi connectivity index (χ0v) is 15.0. The molecular weight excluding hydrogens is 328 g/mol. The number of carbonyl (C=O) groups is 1. The minimum Gasteiger partial charge on any atom is -0.493 e. The number of rotatable bonds is 10. The zero-order valence-electron chi connectivity index (χ0n) is 13.5. The monoisotopic (exact) mass is 354 g/mol. The predicted octanol–water partition coefficient (Wildman–Crippen LogP) is 5.64. The Morgan fingerprint density at radius 1 is 1.10 bits per heavy atom. The van der Waals surface area contributed by atoms with E-state index in [1.165, 1.54) is 25.7 Å². The first-order valence-electron chi connectivity index (χ1n) is 7.92. The van der Waals surface area contributed by atoms with Crippen molar-refractivity contribution in [2.24, 2.45) is 5.41 Å². The molecule has 0 atom stereocenters. The largest absolute Gasteiger partial charge is 0.493 e. The molecule has 0 unspecified atom stereocenters. The highest BCUT2D eigenvalue weighted by atomic mass is 79.9. The molecule has 118 valence electrons. The Labute approximate surface area is 137 Å². The first kappa shape index (κ1) is 18.2. The number of ether oxygens (including phenoxy) is 1. The fourth-order valence-electron chi connectivity index (χ4n) is 2.68. The molecule has 2 nitrogen and oxygen atoms in total. The molecule has 1 aromatic rings. The van der Waals surface area contributed by atoms with Gasteiger partial charge in [-0.15, -0.1) is 0 Å². The van der Waals surface area contributed by atoms with Gasteiger partial charge < -0.3 is 4.74 Å². The molecular formula is C18H27BrO2. The quantitative estimate of drug-likeness (QED) is 0.401. The number of halogens is 1. The molecule has 0 radical (unpaired) electrons. The number of hydrogen-bond acceptors (Lipinski definition) is 2. The first-order valence-corrected chi connectivity index (χ1v) is 9.05. The van der Waals surface area contributed by atoms with Crippen LogP contribution in [0.25, 0.3) is 0 Å². The van der Waals surface area contributed by atoms with E-state index in [2.05, 4.69) is 29.8 Å². The molecule has 3 heteroatoms. The van der Waals surface area contributed by atoms with Crippen molar-refractivity contribution in [3.63, 3.8) is 0 Å². The maximum Gasteiger partial charge on any atom is 0.162 e. The summed E-state index contributed by atoms with van der Waals surface area (Å²) in [5.74, 6) is 1.02. The van der Waals surface area contributed by atoms with E-state index in [0.717, 1.165) is 23.2 Å². The van der Waals surface area contributed by atoms with Gasteiger partial charge in [0, 0.05) is 22.7 Å². The number of carbonyl (C=O) groups excluding carboxylic acids is 1. The summed E-state index contributed by atoms with van der Waals surface area (Å²) in [7, 11) is 0. The summed E-state index contributed by atoms with van der Waals surface area (Å²) in [6.45, 7) is 7.05. The Bertz CT molecular complexity index is 419. The molecule has 0 saturated carbocycles. The Balaban J connectivity index is 2.69. The molecule has 1 aromatic carbocycles. The van der Waals surface area contributed by atoms with E-state index in [-0.39, 0.29) is 11.2 Å². The van der Waals surface area contributed by atoms with Crippen molar-refractivity contribution in [3.8, 4) is 5.75 Å². The Hall–Kier alpha value is -0.830. The summed E-state index contributed by atoms with van der Waals surface area (Å²) in [4.78, 5) is 11.6. The molecule has 1 rings (SSSR count). The van der Waals surface area contributed by atoms with Crippen LogP contribution in [0.5, 0.6) is 5.75 Å². The van der Waals surface area contributed by atoms with Crippen LogP contribution in [0, 0.1) is 5.41 Å². The van der Waals surface area contributed by atoms with Gasteiger partial charge >= 0.3 is 0 Å². The Morgan fingerprint density at radius 2 is 1.67 bits per heavy atom. The second-order valence-electron chi connectivity index (χ2n) is 5.72. The third kappa shape index (κ3) is 5.46.